The van der Waals surface area contributed by atoms with Crippen LogP contribution in [-0.4, -0.2) is 33.0 Å². The lowest BCUT2D eigenvalue weighted by molar-refractivity contribution is 0.00421. The standard InChI is InChI=1S/C20H24F4N4O/c1-11-8-15(5-7-25-11)26-19(29)17-12(2)16(13(3)18(21)22)27-28(17)10-14-4-6-20(23,24)9-14/h5,7-8,13-14,18H,4,6,9-10H2,1-3H3,(H,25,26,29). The Bertz CT molecular complexity index is 897. The van der Waals surface area contributed by atoms with Crippen molar-refractivity contribution in [2.45, 2.75) is 64.8 Å². The van der Waals surface area contributed by atoms with Gasteiger partial charge in [-0.1, -0.05) is 6.92 Å². The van der Waals surface area contributed by atoms with E-state index in [1.54, 1.807) is 32.2 Å². The summed E-state index contributed by atoms with van der Waals surface area (Å²) in [5.74, 6) is -4.79. The van der Waals surface area contributed by atoms with E-state index in [0.717, 1.165) is 0 Å². The molecule has 1 aliphatic carbocycles. The van der Waals surface area contributed by atoms with E-state index in [-0.39, 0.29) is 36.7 Å². The molecule has 3 rings (SSSR count). The first kappa shape index (κ1) is 21.3. The van der Waals surface area contributed by atoms with E-state index in [2.05, 4.69) is 15.4 Å². The van der Waals surface area contributed by atoms with Gasteiger partial charge in [0.15, 0.2) is 0 Å². The van der Waals surface area contributed by atoms with Crippen molar-refractivity contribution in [3.8, 4) is 0 Å². The van der Waals surface area contributed by atoms with Crippen molar-refractivity contribution in [2.75, 3.05) is 5.32 Å². The second kappa shape index (κ2) is 8.12. The Morgan fingerprint density at radius 3 is 2.69 bits per heavy atom. The normalized spacial score (nSPS) is 19.5. The number of alkyl halides is 4. The van der Waals surface area contributed by atoms with E-state index >= 15 is 0 Å². The Balaban J connectivity index is 1.93. The Morgan fingerprint density at radius 2 is 2.10 bits per heavy atom. The number of carbonyl (C=O) groups is 1. The fourth-order valence-corrected chi connectivity index (χ4v) is 3.80. The van der Waals surface area contributed by atoms with E-state index in [0.29, 0.717) is 23.4 Å². The van der Waals surface area contributed by atoms with Gasteiger partial charge in [0.1, 0.15) is 5.69 Å². The molecule has 0 saturated heterocycles. The fourth-order valence-electron chi connectivity index (χ4n) is 3.80. The highest BCUT2D eigenvalue weighted by molar-refractivity contribution is 6.04. The monoisotopic (exact) mass is 412 g/mol. The zero-order valence-corrected chi connectivity index (χ0v) is 16.6. The Morgan fingerprint density at radius 1 is 1.38 bits per heavy atom. The van der Waals surface area contributed by atoms with Gasteiger partial charge in [0.05, 0.1) is 11.6 Å². The highest BCUT2D eigenvalue weighted by atomic mass is 19.3. The molecule has 5 nitrogen and oxygen atoms in total. The van der Waals surface area contributed by atoms with Crippen molar-refractivity contribution in [1.82, 2.24) is 14.8 Å². The molecule has 1 saturated carbocycles. The second-order valence-corrected chi connectivity index (χ2v) is 7.77. The molecule has 0 spiro atoms. The molecule has 2 unspecified atom stereocenters. The highest BCUT2D eigenvalue weighted by Crippen LogP contribution is 2.40. The number of pyridine rings is 1. The van der Waals surface area contributed by atoms with Crippen LogP contribution in [0.3, 0.4) is 0 Å². The van der Waals surface area contributed by atoms with E-state index in [1.165, 1.54) is 11.6 Å². The topological polar surface area (TPSA) is 59.8 Å². The van der Waals surface area contributed by atoms with Crippen molar-refractivity contribution in [2.24, 2.45) is 5.92 Å². The second-order valence-electron chi connectivity index (χ2n) is 7.77. The number of nitrogens with one attached hydrogen (secondary N) is 1. The molecular formula is C20H24F4N4O. The minimum Gasteiger partial charge on any atom is -0.321 e. The molecule has 158 valence electrons. The lowest BCUT2D eigenvalue weighted by atomic mass is 10.0. The van der Waals surface area contributed by atoms with Crippen molar-refractivity contribution in [3.05, 3.63) is 41.0 Å². The summed E-state index contributed by atoms with van der Waals surface area (Å²) >= 11 is 0. The van der Waals surface area contributed by atoms with Crippen LogP contribution in [0.4, 0.5) is 23.2 Å². The number of anilines is 1. The quantitative estimate of drug-likeness (QED) is 0.683. The van der Waals surface area contributed by atoms with Crippen LogP contribution < -0.4 is 5.32 Å². The van der Waals surface area contributed by atoms with Crippen LogP contribution in [0, 0.1) is 19.8 Å². The lowest BCUT2D eigenvalue weighted by Gasteiger charge is -2.14. The number of amides is 1. The van der Waals surface area contributed by atoms with Crippen molar-refractivity contribution < 1.29 is 22.4 Å². The number of nitrogens with zero attached hydrogens (tertiary/aromatic N) is 3. The fraction of sp³-hybridized carbons (Fsp3) is 0.550. The highest BCUT2D eigenvalue weighted by Gasteiger charge is 2.40. The summed E-state index contributed by atoms with van der Waals surface area (Å²) in [7, 11) is 0. The van der Waals surface area contributed by atoms with E-state index in [9.17, 15) is 22.4 Å². The molecule has 2 aromatic heterocycles. The van der Waals surface area contributed by atoms with E-state index in [1.807, 2.05) is 0 Å². The smallest absolute Gasteiger partial charge is 0.274 e. The SMILES string of the molecule is Cc1cc(NC(=O)c2c(C)c(C(C)C(F)F)nn2CC2CCC(F)(F)C2)ccn1. The molecule has 0 aliphatic heterocycles. The third-order valence-electron chi connectivity index (χ3n) is 5.34. The molecule has 2 atom stereocenters. The molecule has 2 heterocycles. The van der Waals surface area contributed by atoms with Crippen LogP contribution in [0.2, 0.25) is 0 Å². The van der Waals surface area contributed by atoms with Gasteiger partial charge in [-0.15, -0.1) is 0 Å². The lowest BCUT2D eigenvalue weighted by Crippen LogP contribution is -2.21. The van der Waals surface area contributed by atoms with Crippen LogP contribution >= 0.6 is 0 Å². The molecule has 0 aromatic carbocycles. The van der Waals surface area contributed by atoms with Gasteiger partial charge in [-0.3, -0.25) is 14.5 Å². The zero-order chi connectivity index (χ0) is 21.3. The third kappa shape index (κ3) is 4.76. The van der Waals surface area contributed by atoms with Crippen LogP contribution in [0.1, 0.15) is 59.5 Å². The summed E-state index contributed by atoms with van der Waals surface area (Å²) in [4.78, 5) is 17.0. The maximum Gasteiger partial charge on any atom is 0.274 e. The summed E-state index contributed by atoms with van der Waals surface area (Å²) in [6, 6.07) is 3.29. The summed E-state index contributed by atoms with van der Waals surface area (Å²) in [6.45, 7) is 4.76. The molecule has 9 heteroatoms. The predicted octanol–water partition coefficient (Wildman–Crippen LogP) is 4.95. The first-order valence-electron chi connectivity index (χ1n) is 9.54. The van der Waals surface area contributed by atoms with Gasteiger partial charge in [0, 0.05) is 42.5 Å². The Labute approximate surface area is 166 Å². The average Bonchev–Trinajstić information content (AvgIpc) is 3.13. The van der Waals surface area contributed by atoms with Gasteiger partial charge in [0.2, 0.25) is 12.3 Å². The third-order valence-corrected chi connectivity index (χ3v) is 5.34. The maximum absolute atomic E-state index is 13.6. The zero-order valence-electron chi connectivity index (χ0n) is 16.6. The molecule has 0 radical (unpaired) electrons. The van der Waals surface area contributed by atoms with Gasteiger partial charge < -0.3 is 5.32 Å². The molecule has 2 aromatic rings. The van der Waals surface area contributed by atoms with Gasteiger partial charge in [-0.2, -0.15) is 5.10 Å². The van der Waals surface area contributed by atoms with Crippen LogP contribution in [0.25, 0.3) is 0 Å². The number of hydrogen-bond donors (Lipinski definition) is 1. The number of carbonyl (C=O) groups excluding carboxylic acids is 1. The minimum atomic E-state index is -2.73. The molecule has 1 N–H and O–H groups in total. The molecule has 0 bridgehead atoms. The largest absolute Gasteiger partial charge is 0.321 e. The van der Waals surface area contributed by atoms with Gasteiger partial charge >= 0.3 is 0 Å². The van der Waals surface area contributed by atoms with E-state index < -0.39 is 24.2 Å². The van der Waals surface area contributed by atoms with Crippen molar-refractivity contribution in [3.63, 3.8) is 0 Å². The summed E-state index contributed by atoms with van der Waals surface area (Å²) in [5, 5.41) is 6.97. The van der Waals surface area contributed by atoms with Gasteiger partial charge in [-0.25, -0.2) is 17.6 Å². The number of aromatic nitrogens is 3. The first-order chi connectivity index (χ1) is 13.6. The van der Waals surface area contributed by atoms with Crippen LogP contribution in [-0.2, 0) is 6.54 Å². The Kier molecular flexibility index (Phi) is 5.95. The number of rotatable bonds is 6. The molecule has 1 aliphatic rings. The Hall–Kier alpha value is -2.45. The molecule has 1 fully saturated rings. The number of hydrogen-bond acceptors (Lipinski definition) is 3. The van der Waals surface area contributed by atoms with Crippen molar-refractivity contribution in [1.29, 1.82) is 0 Å². The summed E-state index contributed by atoms with van der Waals surface area (Å²) in [6.07, 6.45) is -1.31. The summed E-state index contributed by atoms with van der Waals surface area (Å²) in [5.41, 5.74) is 1.78. The molecule has 29 heavy (non-hydrogen) atoms. The van der Waals surface area contributed by atoms with E-state index in [4.69, 9.17) is 0 Å². The summed E-state index contributed by atoms with van der Waals surface area (Å²) < 4.78 is 55.0. The maximum atomic E-state index is 13.6. The number of halogens is 4. The van der Waals surface area contributed by atoms with Crippen LogP contribution in [0.5, 0.6) is 0 Å². The average molecular weight is 412 g/mol. The minimum absolute atomic E-state index is 0.0878. The predicted molar refractivity (Wildman–Crippen MR) is 101 cm³/mol. The van der Waals surface area contributed by atoms with Crippen LogP contribution in [0.15, 0.2) is 18.3 Å². The van der Waals surface area contributed by atoms with Gasteiger partial charge in [0.25, 0.3) is 5.91 Å². The first-order valence-corrected chi connectivity index (χ1v) is 9.54. The molecule has 1 amide bonds. The van der Waals surface area contributed by atoms with Crippen molar-refractivity contribution >= 4 is 11.6 Å². The molecular weight excluding hydrogens is 388 g/mol. The number of aryl methyl sites for hydroxylation is 1. The van der Waals surface area contributed by atoms with Gasteiger partial charge in [-0.05, 0) is 38.3 Å².